The number of aromatic nitrogens is 1. The first-order chi connectivity index (χ1) is 12.3. The number of hydrogen-bond donors (Lipinski definition) is 1. The smallest absolute Gasteiger partial charge is 0.248 e. The van der Waals surface area contributed by atoms with Crippen LogP contribution < -0.4 is 5.73 Å². The third kappa shape index (κ3) is 3.79. The molecule has 2 heterocycles. The van der Waals surface area contributed by atoms with Crippen molar-refractivity contribution in [3.05, 3.63) is 11.5 Å². The highest BCUT2D eigenvalue weighted by Gasteiger charge is 2.34. The maximum absolute atomic E-state index is 13.0. The minimum Gasteiger partial charge on any atom is -0.360 e. The lowest BCUT2D eigenvalue weighted by Crippen LogP contribution is -2.42. The third-order valence-electron chi connectivity index (χ3n) is 5.40. The second-order valence-corrected chi connectivity index (χ2v) is 9.23. The molecule has 146 valence electrons. The van der Waals surface area contributed by atoms with Gasteiger partial charge in [0.05, 0.1) is 0 Å². The molecule has 1 aliphatic carbocycles. The molecule has 1 saturated heterocycles. The molecule has 0 spiro atoms. The molecular formula is C17H28N4O4S. The van der Waals surface area contributed by atoms with Gasteiger partial charge in [0, 0.05) is 38.1 Å². The molecule has 0 bridgehead atoms. The van der Waals surface area contributed by atoms with Crippen LogP contribution in [0.1, 0.15) is 43.6 Å². The van der Waals surface area contributed by atoms with Crippen LogP contribution in [0.5, 0.6) is 0 Å². The Bertz CT molecular complexity index is 741. The van der Waals surface area contributed by atoms with Crippen molar-refractivity contribution in [2.75, 3.05) is 26.2 Å². The molecule has 1 aromatic rings. The van der Waals surface area contributed by atoms with Crippen LogP contribution >= 0.6 is 0 Å². The number of nitrogens with two attached hydrogens (primary N) is 1. The fourth-order valence-corrected chi connectivity index (χ4v) is 5.80. The Morgan fingerprint density at radius 1 is 1.15 bits per heavy atom. The van der Waals surface area contributed by atoms with E-state index in [1.807, 2.05) is 4.90 Å². The Kier molecular flexibility index (Phi) is 5.69. The Morgan fingerprint density at radius 3 is 2.58 bits per heavy atom. The predicted molar refractivity (Wildman–Crippen MR) is 95.9 cm³/mol. The molecule has 2 atom stereocenters. The van der Waals surface area contributed by atoms with E-state index in [0.717, 1.165) is 25.7 Å². The van der Waals surface area contributed by atoms with E-state index < -0.39 is 10.0 Å². The molecule has 1 amide bonds. The van der Waals surface area contributed by atoms with Crippen molar-refractivity contribution in [2.24, 2.45) is 11.7 Å². The number of carbonyl (C=O) groups is 1. The summed E-state index contributed by atoms with van der Waals surface area (Å²) < 4.78 is 32.4. The number of hydrogen-bond acceptors (Lipinski definition) is 6. The Morgan fingerprint density at radius 2 is 1.92 bits per heavy atom. The Balaban J connectivity index is 1.69. The van der Waals surface area contributed by atoms with E-state index in [1.54, 1.807) is 13.8 Å². The van der Waals surface area contributed by atoms with E-state index in [-0.39, 0.29) is 29.3 Å². The first-order valence-electron chi connectivity index (χ1n) is 9.28. The maximum Gasteiger partial charge on any atom is 0.248 e. The quantitative estimate of drug-likeness (QED) is 0.833. The first kappa shape index (κ1) is 19.3. The number of amides is 1. The van der Waals surface area contributed by atoms with Crippen molar-refractivity contribution in [3.8, 4) is 0 Å². The van der Waals surface area contributed by atoms with E-state index in [0.29, 0.717) is 37.5 Å². The van der Waals surface area contributed by atoms with Crippen LogP contribution in [0.25, 0.3) is 0 Å². The molecule has 2 N–H and O–H groups in total. The molecule has 2 fully saturated rings. The van der Waals surface area contributed by atoms with Gasteiger partial charge in [-0.05, 0) is 39.5 Å². The van der Waals surface area contributed by atoms with E-state index in [2.05, 4.69) is 5.16 Å². The van der Waals surface area contributed by atoms with Crippen LogP contribution in [0.15, 0.2) is 9.42 Å². The maximum atomic E-state index is 13.0. The van der Waals surface area contributed by atoms with Gasteiger partial charge >= 0.3 is 0 Å². The van der Waals surface area contributed by atoms with E-state index in [4.69, 9.17) is 10.3 Å². The monoisotopic (exact) mass is 384 g/mol. The average Bonchev–Trinajstić information content (AvgIpc) is 2.81. The number of nitrogens with zero attached hydrogens (tertiary/aromatic N) is 3. The van der Waals surface area contributed by atoms with Gasteiger partial charge in [0.25, 0.3) is 0 Å². The number of carbonyl (C=O) groups excluding carboxylic acids is 1. The molecule has 1 aromatic heterocycles. The molecule has 1 saturated carbocycles. The topological polar surface area (TPSA) is 110 Å². The summed E-state index contributed by atoms with van der Waals surface area (Å²) in [4.78, 5) is 14.8. The van der Waals surface area contributed by atoms with Crippen LogP contribution in [-0.2, 0) is 14.8 Å². The lowest BCUT2D eigenvalue weighted by atomic mass is 9.85. The summed E-state index contributed by atoms with van der Waals surface area (Å²) in [5, 5.41) is 3.75. The van der Waals surface area contributed by atoms with E-state index in [1.165, 1.54) is 4.31 Å². The second-order valence-electron chi connectivity index (χ2n) is 7.36. The largest absolute Gasteiger partial charge is 0.360 e. The fraction of sp³-hybridized carbons (Fsp3) is 0.765. The van der Waals surface area contributed by atoms with Crippen molar-refractivity contribution in [3.63, 3.8) is 0 Å². The highest BCUT2D eigenvalue weighted by molar-refractivity contribution is 7.89. The van der Waals surface area contributed by atoms with Crippen molar-refractivity contribution in [2.45, 2.75) is 56.9 Å². The van der Waals surface area contributed by atoms with Gasteiger partial charge in [0.15, 0.2) is 5.76 Å². The van der Waals surface area contributed by atoms with Gasteiger partial charge in [-0.25, -0.2) is 8.42 Å². The van der Waals surface area contributed by atoms with Gasteiger partial charge < -0.3 is 15.2 Å². The van der Waals surface area contributed by atoms with Gasteiger partial charge in [0.2, 0.25) is 15.9 Å². The van der Waals surface area contributed by atoms with Gasteiger partial charge in [-0.15, -0.1) is 0 Å². The van der Waals surface area contributed by atoms with Crippen LogP contribution in [-0.4, -0.2) is 60.9 Å². The lowest BCUT2D eigenvalue weighted by Gasteiger charge is -2.30. The Hall–Kier alpha value is -1.45. The van der Waals surface area contributed by atoms with Gasteiger partial charge in [-0.3, -0.25) is 4.79 Å². The highest BCUT2D eigenvalue weighted by Crippen LogP contribution is 2.27. The predicted octanol–water partition coefficient (Wildman–Crippen LogP) is 1.03. The molecule has 8 nitrogen and oxygen atoms in total. The van der Waals surface area contributed by atoms with Crippen molar-refractivity contribution in [1.82, 2.24) is 14.4 Å². The number of sulfonamides is 1. The minimum atomic E-state index is -3.67. The third-order valence-corrected chi connectivity index (χ3v) is 7.54. The second kappa shape index (κ2) is 7.66. The molecule has 9 heteroatoms. The van der Waals surface area contributed by atoms with Gasteiger partial charge in [0.1, 0.15) is 10.6 Å². The standard InChI is InChI=1S/C17H28N4O4S/c1-12-16(13(2)25-19-12)26(23,24)21-8-4-7-20(9-10-21)17(22)14-5-3-6-15(18)11-14/h14-15H,3-11,18H2,1-2H3. The van der Waals surface area contributed by atoms with Crippen LogP contribution in [0.3, 0.4) is 0 Å². The van der Waals surface area contributed by atoms with Crippen LogP contribution in [0.2, 0.25) is 0 Å². The molecule has 1 aliphatic heterocycles. The first-order valence-corrected chi connectivity index (χ1v) is 10.7. The summed E-state index contributed by atoms with van der Waals surface area (Å²) in [6.07, 6.45) is 4.19. The van der Waals surface area contributed by atoms with Crippen molar-refractivity contribution >= 4 is 15.9 Å². The zero-order valence-electron chi connectivity index (χ0n) is 15.5. The minimum absolute atomic E-state index is 0.0236. The average molecular weight is 385 g/mol. The van der Waals surface area contributed by atoms with Crippen LogP contribution in [0.4, 0.5) is 0 Å². The molecule has 3 rings (SSSR count). The summed E-state index contributed by atoms with van der Waals surface area (Å²) in [5.74, 6) is 0.400. The van der Waals surface area contributed by atoms with Crippen LogP contribution in [0, 0.1) is 19.8 Å². The lowest BCUT2D eigenvalue weighted by molar-refractivity contribution is -0.136. The molecular weight excluding hydrogens is 356 g/mol. The molecule has 26 heavy (non-hydrogen) atoms. The summed E-state index contributed by atoms with van der Waals surface area (Å²) in [5.41, 5.74) is 6.38. The van der Waals surface area contributed by atoms with E-state index in [9.17, 15) is 13.2 Å². The van der Waals surface area contributed by atoms with Crippen molar-refractivity contribution in [1.29, 1.82) is 0 Å². The molecule has 0 aromatic carbocycles. The van der Waals surface area contributed by atoms with Crippen molar-refractivity contribution < 1.29 is 17.7 Å². The summed E-state index contributed by atoms with van der Waals surface area (Å²) in [6.45, 7) is 4.90. The Labute approximate surface area is 154 Å². The van der Waals surface area contributed by atoms with Gasteiger partial charge in [-0.1, -0.05) is 11.6 Å². The molecule has 2 unspecified atom stereocenters. The fourth-order valence-electron chi connectivity index (χ4n) is 4.04. The molecule has 0 radical (unpaired) electrons. The normalized spacial score (nSPS) is 25.9. The number of aryl methyl sites for hydroxylation is 2. The van der Waals surface area contributed by atoms with Gasteiger partial charge in [-0.2, -0.15) is 4.31 Å². The number of rotatable bonds is 3. The molecule has 2 aliphatic rings. The van der Waals surface area contributed by atoms with E-state index >= 15 is 0 Å². The zero-order chi connectivity index (χ0) is 18.9. The zero-order valence-corrected chi connectivity index (χ0v) is 16.3. The summed E-state index contributed by atoms with van der Waals surface area (Å²) >= 11 is 0. The summed E-state index contributed by atoms with van der Waals surface area (Å²) in [6, 6.07) is 0.0982. The summed E-state index contributed by atoms with van der Waals surface area (Å²) in [7, 11) is -3.67. The highest BCUT2D eigenvalue weighted by atomic mass is 32.2. The SMILES string of the molecule is Cc1noc(C)c1S(=O)(=O)N1CCCN(C(=O)C2CCCC(N)C2)CC1.